The maximum absolute atomic E-state index is 14.3. The second kappa shape index (κ2) is 21.8. The molecule has 1 aliphatic heterocycles. The lowest BCUT2D eigenvalue weighted by Crippen LogP contribution is -2.59. The van der Waals surface area contributed by atoms with Gasteiger partial charge >= 0.3 is 0 Å². The maximum Gasteiger partial charge on any atom is 0.245 e. The fraction of sp³-hybridized carbons (Fsp3) is 0.690. The number of ether oxygens (including phenoxy) is 2. The minimum atomic E-state index is -0.751. The first-order chi connectivity index (χ1) is 26.1. The van der Waals surface area contributed by atoms with Crippen molar-refractivity contribution in [2.24, 2.45) is 23.7 Å². The summed E-state index contributed by atoms with van der Waals surface area (Å²) in [5.74, 6) is -1.35. The molecule has 1 fully saturated rings. The standard InChI is InChI=1S/C42H68N6O6S/c1-13-28(6)37(47(10)42(52)35(26(2)3)45-40(51)36(27(4)5)46(8)9)33(53-11)25-34(49)48-22-17-20-32(48)38(54-12)29(7)39(50)44-31(41-43-21-23-55-41)24-30-18-15-14-16-19-30/h14-16,18-19,21,23,26-29,31-33,35-38H,13,17,20,22,24-25H2,1-12H3,(H,44,50)(H,45,51)/t28-,29+,31-,32-,33+,35-,36-,37-,38?/m0/s1. The van der Waals surface area contributed by atoms with Crippen molar-refractivity contribution in [3.8, 4) is 0 Å². The second-order valence-electron chi connectivity index (χ2n) is 16.1. The number of methoxy groups -OCH3 is 2. The van der Waals surface area contributed by atoms with Gasteiger partial charge in [-0.1, -0.05) is 85.2 Å². The van der Waals surface area contributed by atoms with Gasteiger partial charge < -0.3 is 29.9 Å². The molecule has 0 radical (unpaired) electrons. The van der Waals surface area contributed by atoms with E-state index in [1.165, 1.54) is 11.3 Å². The Labute approximate surface area is 334 Å². The molecular formula is C42H68N6O6S. The number of aromatic nitrogens is 1. The van der Waals surface area contributed by atoms with Crippen LogP contribution in [0, 0.1) is 23.7 Å². The molecule has 1 saturated heterocycles. The normalized spacial score (nSPS) is 19.0. The predicted octanol–water partition coefficient (Wildman–Crippen LogP) is 5.19. The zero-order valence-corrected chi connectivity index (χ0v) is 36.1. The molecule has 1 unspecified atom stereocenters. The quantitative estimate of drug-likeness (QED) is 0.177. The Morgan fingerprint density at radius 2 is 1.62 bits per heavy atom. The van der Waals surface area contributed by atoms with Gasteiger partial charge in [0.05, 0.1) is 48.7 Å². The lowest BCUT2D eigenvalue weighted by molar-refractivity contribution is -0.148. The van der Waals surface area contributed by atoms with E-state index in [1.807, 2.05) is 94.2 Å². The Morgan fingerprint density at radius 1 is 0.945 bits per heavy atom. The molecule has 55 heavy (non-hydrogen) atoms. The number of likely N-dealkylation sites (tertiary alicyclic amines) is 1. The summed E-state index contributed by atoms with van der Waals surface area (Å²) >= 11 is 1.51. The summed E-state index contributed by atoms with van der Waals surface area (Å²) in [5, 5.41) is 9.02. The van der Waals surface area contributed by atoms with Crippen molar-refractivity contribution in [2.45, 2.75) is 123 Å². The van der Waals surface area contributed by atoms with Crippen LogP contribution in [0.3, 0.4) is 0 Å². The topological polar surface area (TPSA) is 133 Å². The maximum atomic E-state index is 14.3. The Morgan fingerprint density at radius 3 is 2.15 bits per heavy atom. The van der Waals surface area contributed by atoms with Gasteiger partial charge in [-0.25, -0.2) is 4.98 Å². The number of likely N-dealkylation sites (N-methyl/N-ethyl adjacent to an activating group) is 2. The lowest BCUT2D eigenvalue weighted by Gasteiger charge is -2.41. The summed E-state index contributed by atoms with van der Waals surface area (Å²) in [6, 6.07) is 7.83. The highest BCUT2D eigenvalue weighted by Gasteiger charge is 2.43. The highest BCUT2D eigenvalue weighted by Crippen LogP contribution is 2.30. The average Bonchev–Trinajstić information content (AvgIpc) is 3.87. The van der Waals surface area contributed by atoms with Crippen LogP contribution in [0.25, 0.3) is 0 Å². The number of carbonyl (C=O) groups is 4. The smallest absolute Gasteiger partial charge is 0.245 e. The fourth-order valence-electron chi connectivity index (χ4n) is 8.17. The number of nitrogens with zero attached hydrogens (tertiary/aromatic N) is 4. The first-order valence-corrected chi connectivity index (χ1v) is 20.8. The van der Waals surface area contributed by atoms with E-state index in [0.717, 1.165) is 23.4 Å². The monoisotopic (exact) mass is 784 g/mol. The first-order valence-electron chi connectivity index (χ1n) is 19.9. The van der Waals surface area contributed by atoms with Crippen LogP contribution in [0.4, 0.5) is 0 Å². The summed E-state index contributed by atoms with van der Waals surface area (Å²) in [6.07, 6.45) is 3.49. The number of hydrogen-bond acceptors (Lipinski definition) is 9. The summed E-state index contributed by atoms with van der Waals surface area (Å²) in [4.78, 5) is 65.8. The fourth-order valence-corrected chi connectivity index (χ4v) is 8.86. The van der Waals surface area contributed by atoms with Crippen molar-refractivity contribution in [3.63, 3.8) is 0 Å². The molecule has 0 spiro atoms. The van der Waals surface area contributed by atoms with E-state index in [4.69, 9.17) is 9.47 Å². The molecule has 2 N–H and O–H groups in total. The number of benzene rings is 1. The van der Waals surface area contributed by atoms with Crippen LogP contribution in [0.2, 0.25) is 0 Å². The average molecular weight is 785 g/mol. The van der Waals surface area contributed by atoms with Crippen molar-refractivity contribution in [1.82, 2.24) is 30.3 Å². The molecule has 0 bridgehead atoms. The second-order valence-corrected chi connectivity index (χ2v) is 17.0. The zero-order chi connectivity index (χ0) is 41.0. The van der Waals surface area contributed by atoms with Crippen LogP contribution in [-0.4, -0.2) is 122 Å². The first kappa shape index (κ1) is 46.0. The highest BCUT2D eigenvalue weighted by atomic mass is 32.1. The minimum Gasteiger partial charge on any atom is -0.379 e. The van der Waals surface area contributed by atoms with E-state index in [2.05, 4.69) is 29.5 Å². The van der Waals surface area contributed by atoms with Gasteiger partial charge in [0.15, 0.2) is 0 Å². The van der Waals surface area contributed by atoms with Crippen molar-refractivity contribution >= 4 is 35.0 Å². The lowest BCUT2D eigenvalue weighted by atomic mass is 9.89. The Balaban J connectivity index is 1.79. The molecule has 0 saturated carbocycles. The molecule has 9 atom stereocenters. The molecule has 12 nitrogen and oxygen atoms in total. The number of rotatable bonds is 21. The van der Waals surface area contributed by atoms with E-state index < -0.39 is 30.2 Å². The molecular weight excluding hydrogens is 717 g/mol. The van der Waals surface area contributed by atoms with Gasteiger partial charge in [-0.2, -0.15) is 0 Å². The summed E-state index contributed by atoms with van der Waals surface area (Å²) in [5.41, 5.74) is 1.09. The molecule has 3 rings (SSSR count). The molecule has 4 amide bonds. The molecule has 2 aromatic rings. The third-order valence-electron chi connectivity index (χ3n) is 11.3. The predicted molar refractivity (Wildman–Crippen MR) is 218 cm³/mol. The van der Waals surface area contributed by atoms with E-state index in [1.54, 1.807) is 32.4 Å². The summed E-state index contributed by atoms with van der Waals surface area (Å²) < 4.78 is 12.1. The van der Waals surface area contributed by atoms with Crippen LogP contribution in [0.1, 0.15) is 90.8 Å². The number of thiazole rings is 1. The van der Waals surface area contributed by atoms with Crippen molar-refractivity contribution in [1.29, 1.82) is 0 Å². The van der Waals surface area contributed by atoms with Gasteiger partial charge in [0.1, 0.15) is 11.0 Å². The molecule has 308 valence electrons. The largest absolute Gasteiger partial charge is 0.379 e. The number of amides is 4. The van der Waals surface area contributed by atoms with E-state index in [0.29, 0.717) is 19.4 Å². The molecule has 13 heteroatoms. The van der Waals surface area contributed by atoms with Gasteiger partial charge in [-0.3, -0.25) is 24.1 Å². The highest BCUT2D eigenvalue weighted by molar-refractivity contribution is 7.09. The third-order valence-corrected chi connectivity index (χ3v) is 12.2. The van der Waals surface area contributed by atoms with Crippen molar-refractivity contribution < 1.29 is 28.7 Å². The Bertz CT molecular complexity index is 1480. The third kappa shape index (κ3) is 12.1. The van der Waals surface area contributed by atoms with Gasteiger partial charge in [0, 0.05) is 39.4 Å². The number of nitrogens with one attached hydrogen (secondary N) is 2. The van der Waals surface area contributed by atoms with Crippen LogP contribution in [-0.2, 0) is 35.1 Å². The molecule has 1 aromatic carbocycles. The van der Waals surface area contributed by atoms with Crippen LogP contribution < -0.4 is 10.6 Å². The summed E-state index contributed by atoms with van der Waals surface area (Å²) in [6.45, 7) is 14.3. The van der Waals surface area contributed by atoms with Crippen LogP contribution >= 0.6 is 11.3 Å². The van der Waals surface area contributed by atoms with Crippen molar-refractivity contribution in [3.05, 3.63) is 52.5 Å². The van der Waals surface area contributed by atoms with Crippen LogP contribution in [0.5, 0.6) is 0 Å². The number of carbonyl (C=O) groups excluding carboxylic acids is 4. The van der Waals surface area contributed by atoms with Crippen LogP contribution in [0.15, 0.2) is 41.9 Å². The van der Waals surface area contributed by atoms with E-state index in [-0.39, 0.29) is 65.9 Å². The molecule has 1 aromatic heterocycles. The Kier molecular flexibility index (Phi) is 18.2. The SMILES string of the molecule is CC[C@H](C)[C@@H]([C@@H](CC(=O)N1CCC[C@H]1C(OC)[C@@H](C)C(=O)N[C@@H](Cc1ccccc1)c1nccs1)OC)N(C)C(=O)[C@@H](NC(=O)[C@H](C(C)C)N(C)C)C(C)C. The van der Waals surface area contributed by atoms with E-state index in [9.17, 15) is 19.2 Å². The van der Waals surface area contributed by atoms with Gasteiger partial charge in [-0.05, 0) is 56.7 Å². The molecule has 1 aliphatic rings. The van der Waals surface area contributed by atoms with Gasteiger partial charge in [0.25, 0.3) is 0 Å². The van der Waals surface area contributed by atoms with Crippen molar-refractivity contribution in [2.75, 3.05) is 41.9 Å². The van der Waals surface area contributed by atoms with Gasteiger partial charge in [-0.15, -0.1) is 11.3 Å². The minimum absolute atomic E-state index is 0.00751. The Hall–Kier alpha value is -3.39. The zero-order valence-electron chi connectivity index (χ0n) is 35.3. The van der Waals surface area contributed by atoms with E-state index >= 15 is 0 Å². The molecule has 0 aliphatic carbocycles. The number of hydrogen-bond donors (Lipinski definition) is 2. The molecule has 2 heterocycles. The van der Waals surface area contributed by atoms with Gasteiger partial charge in [0.2, 0.25) is 23.6 Å². The summed E-state index contributed by atoms with van der Waals surface area (Å²) in [7, 11) is 8.66.